The summed E-state index contributed by atoms with van der Waals surface area (Å²) in [7, 11) is 9.91. The van der Waals surface area contributed by atoms with Crippen molar-refractivity contribution in [2.24, 2.45) is 0 Å². The number of ether oxygens (including phenoxy) is 14. The Kier molecular flexibility index (Phi) is 21.8. The molecule has 0 aromatic heterocycles. The quantitative estimate of drug-likeness (QED) is 0.0433. The summed E-state index contributed by atoms with van der Waals surface area (Å²) in [5.74, 6) is 1.27. The number of phenolic OH excluding ortho intramolecular Hbond substituents is 2. The smallest absolute Gasteiger partial charge is 0.331 e. The van der Waals surface area contributed by atoms with Crippen molar-refractivity contribution in [3.63, 3.8) is 0 Å². The fourth-order valence-corrected chi connectivity index (χ4v) is 24.5. The third kappa shape index (κ3) is 12.8. The van der Waals surface area contributed by atoms with Crippen LogP contribution in [0.2, 0.25) is 0 Å². The number of thioether (sulfide) groups is 2. The number of likely N-dealkylation sites (N-methyl/N-ethyl adjacent to an activating group) is 2. The van der Waals surface area contributed by atoms with Gasteiger partial charge in [0.1, 0.15) is 37.0 Å². The molecule has 20 rings (SSSR count). The Balaban J connectivity index is 0.000000170. The third-order valence-electron chi connectivity index (χ3n) is 25.7. The molecule has 630 valence electrons. The van der Waals surface area contributed by atoms with Gasteiger partial charge in [-0.15, -0.1) is 46.7 Å². The number of aryl methyl sites for hydroxylation is 2. The number of halogens is 2. The van der Waals surface area contributed by atoms with E-state index in [4.69, 9.17) is 89.5 Å². The molecule has 14 aliphatic heterocycles. The number of aliphatic hydroxyl groups is 1. The number of aromatic hydroxyl groups is 2. The van der Waals surface area contributed by atoms with E-state index in [0.717, 1.165) is 33.4 Å². The Morgan fingerprint density at radius 2 is 0.966 bits per heavy atom. The molecule has 4 fully saturated rings. The molecule has 34 heteroatoms. The number of rotatable bonds is 12. The van der Waals surface area contributed by atoms with E-state index in [1.54, 1.807) is 24.3 Å². The molecular weight excluding hydrogens is 1620 g/mol. The Morgan fingerprint density at radius 1 is 0.546 bits per heavy atom. The number of aliphatic hydroxyl groups excluding tert-OH is 1. The summed E-state index contributed by atoms with van der Waals surface area (Å²) in [6.07, 6.45) is 0.877. The summed E-state index contributed by atoms with van der Waals surface area (Å²) in [5, 5.41) is 53.8. The number of alkyl halides is 2. The Morgan fingerprint density at radius 3 is 1.39 bits per heavy atom. The summed E-state index contributed by atoms with van der Waals surface area (Å²) in [6.45, 7) is 10.3. The number of fused-ring (bicyclic) bond motifs is 18. The molecule has 0 radical (unpaired) electrons. The maximum Gasteiger partial charge on any atom is 0.331 e. The Labute approximate surface area is 704 Å². The van der Waals surface area contributed by atoms with Crippen molar-refractivity contribution in [2.75, 3.05) is 106 Å². The lowest BCUT2D eigenvalue weighted by Gasteiger charge is -2.62. The van der Waals surface area contributed by atoms with Crippen LogP contribution in [0.5, 0.6) is 80.5 Å². The van der Waals surface area contributed by atoms with Crippen LogP contribution in [-0.4, -0.2) is 213 Å². The van der Waals surface area contributed by atoms with E-state index < -0.39 is 112 Å². The molecule has 0 aliphatic carbocycles. The predicted octanol–water partition coefficient (Wildman–Crippen LogP) is 9.06. The summed E-state index contributed by atoms with van der Waals surface area (Å²) in [5.41, 5.74) is 8.32. The van der Waals surface area contributed by atoms with Crippen LogP contribution in [0.15, 0.2) is 36.4 Å². The molecule has 2 spiro atoms. The molecule has 119 heavy (non-hydrogen) atoms. The van der Waals surface area contributed by atoms with Gasteiger partial charge in [-0.05, 0) is 136 Å². The second-order valence-corrected chi connectivity index (χ2v) is 34.8. The number of phenols is 2. The van der Waals surface area contributed by atoms with Crippen molar-refractivity contribution in [1.82, 2.24) is 30.2 Å². The van der Waals surface area contributed by atoms with Gasteiger partial charge in [-0.2, -0.15) is 5.26 Å². The van der Waals surface area contributed by atoms with E-state index in [2.05, 4.69) is 31.4 Å². The number of hydrogen-bond donors (Lipinski definition) is 5. The zero-order valence-corrected chi connectivity index (χ0v) is 70.7. The molecule has 4 saturated heterocycles. The minimum absolute atomic E-state index is 0.00582. The van der Waals surface area contributed by atoms with E-state index in [-0.39, 0.29) is 103 Å². The van der Waals surface area contributed by atoms with Crippen LogP contribution in [-0.2, 0) is 75.0 Å². The van der Waals surface area contributed by atoms with Crippen molar-refractivity contribution in [1.29, 1.82) is 5.26 Å². The number of nitrogens with zero attached hydrogens (tertiary/aromatic N) is 5. The highest BCUT2D eigenvalue weighted by molar-refractivity contribution is 7.99. The van der Waals surface area contributed by atoms with Gasteiger partial charge >= 0.3 is 35.8 Å². The Hall–Kier alpha value is -9.37. The molecule has 6 aromatic carbocycles. The van der Waals surface area contributed by atoms with Crippen LogP contribution in [0, 0.1) is 39.0 Å². The van der Waals surface area contributed by atoms with E-state index in [0.29, 0.717) is 140 Å². The summed E-state index contributed by atoms with van der Waals surface area (Å²) in [6, 6.07) is 8.35. The second-order valence-electron chi connectivity index (χ2n) is 31.8. The van der Waals surface area contributed by atoms with Crippen molar-refractivity contribution in [2.45, 2.75) is 162 Å². The van der Waals surface area contributed by atoms with Crippen molar-refractivity contribution in [3.05, 3.63) is 125 Å². The minimum Gasteiger partial charge on any atom is -0.504 e. The van der Waals surface area contributed by atoms with Crippen LogP contribution in [0.3, 0.4) is 0 Å². The van der Waals surface area contributed by atoms with Gasteiger partial charge in [-0.25, -0.2) is 9.59 Å². The average molecular weight is 1710 g/mol. The first-order chi connectivity index (χ1) is 57.2. The lowest BCUT2D eigenvalue weighted by Crippen LogP contribution is -2.70. The molecule has 30 nitrogen and oxygen atoms in total. The molecule has 0 amide bonds. The van der Waals surface area contributed by atoms with Crippen LogP contribution in [0.1, 0.15) is 150 Å². The lowest BCUT2D eigenvalue weighted by atomic mass is 9.71. The van der Waals surface area contributed by atoms with Gasteiger partial charge in [0.05, 0.1) is 88.1 Å². The molecule has 0 saturated carbocycles. The van der Waals surface area contributed by atoms with Crippen LogP contribution in [0.25, 0.3) is 0 Å². The van der Waals surface area contributed by atoms with E-state index in [9.17, 15) is 49.3 Å². The fourth-order valence-electron chi connectivity index (χ4n) is 20.8. The van der Waals surface area contributed by atoms with Crippen molar-refractivity contribution < 1.29 is 110 Å². The topological polar surface area (TPSA) is 353 Å². The monoisotopic (exact) mass is 1710 g/mol. The molecule has 14 atom stereocenters. The molecule has 8 bridgehead atoms. The van der Waals surface area contributed by atoms with Crippen molar-refractivity contribution in [3.8, 4) is 86.6 Å². The highest BCUT2D eigenvalue weighted by Crippen LogP contribution is 2.68. The molecule has 14 aliphatic rings. The highest BCUT2D eigenvalue weighted by atomic mass is 35.5. The number of methoxy groups -OCH3 is 4. The molecule has 5 N–H and O–H groups in total. The number of nitrogens with one attached hydrogen (secondary N) is 2. The number of nitriles is 1. The van der Waals surface area contributed by atoms with Gasteiger partial charge in [0.2, 0.25) is 13.6 Å². The average Bonchev–Trinajstić information content (AvgIpc) is 1.57. The molecule has 6 aromatic rings. The zero-order chi connectivity index (χ0) is 84.0. The second kappa shape index (κ2) is 31.6. The van der Waals surface area contributed by atoms with E-state index in [1.807, 2.05) is 58.8 Å². The normalized spacial score (nSPS) is 27.6. The van der Waals surface area contributed by atoms with Gasteiger partial charge in [0.15, 0.2) is 80.1 Å². The summed E-state index contributed by atoms with van der Waals surface area (Å²) in [4.78, 5) is 89.4. The first-order valence-electron chi connectivity index (χ1n) is 39.4. The minimum atomic E-state index is -1.43. The third-order valence-corrected chi connectivity index (χ3v) is 29.0. The number of benzene rings is 6. The van der Waals surface area contributed by atoms with Gasteiger partial charge in [0.25, 0.3) is 0 Å². The fraction of sp³-hybridized carbons (Fsp3) is 0.494. The molecule has 14 heterocycles. The van der Waals surface area contributed by atoms with Gasteiger partial charge < -0.3 is 81.6 Å². The number of hydrogen-bond acceptors (Lipinski definition) is 32. The Bertz CT molecular complexity index is 5320. The number of carbonyl (C=O) groups is 6. The number of carbonyl (C=O) groups excluding carboxylic acids is 6. The van der Waals surface area contributed by atoms with E-state index >= 15 is 0 Å². The summed E-state index contributed by atoms with van der Waals surface area (Å²) >= 11 is 14.5. The van der Waals surface area contributed by atoms with Gasteiger partial charge in [0, 0.05) is 113 Å². The molecule has 2 unspecified atom stereocenters. The van der Waals surface area contributed by atoms with Crippen LogP contribution >= 0.6 is 46.7 Å². The first kappa shape index (κ1) is 82.0. The predicted molar refractivity (Wildman–Crippen MR) is 431 cm³/mol. The highest BCUT2D eigenvalue weighted by Gasteiger charge is 2.65. The first-order valence-corrected chi connectivity index (χ1v) is 42.6. The maximum atomic E-state index is 15.0. The van der Waals surface area contributed by atoms with Gasteiger partial charge in [-0.1, -0.05) is 12.1 Å². The standard InChI is InChI=1S/C43H45ClN4O11S.C42H46ClN3O12S/c1-19-11-23-12-25-26(15-45)48-27-16-55-42(52)43(24-14-28(53-5)29(59-30(50)7-9-44)13-22(24)8-10-46-43)17-60-41(35(48)34(47(25)4)31(23)36(51)37(19)54-6)33-32(27)40-39(56-18-57-40)20(2)38(33)58-21(3)49;1-18-11-22-12-24-40(50)46-25-15-54-41(51)42(23-14-26(52-5)27(58-28(48)7-9-43)13-21(23)8-10-44-42)16-59-39(33(46)32(45(24)4)29(22)34(49)35(18)53-6)31-30(25)38-37(55-17-56-38)19(2)36(31)57-20(3)47/h11,13-14,25-27,34-35,41,46,51H,7-10,12,16-18H2,1-6H3;11,13-14,24-25,32-33,39-40,44,49-50H,7-10,12,15-17H2,1-6H3/t25-,26-,27-,34+,35?,41+,43+;24-,25-,32+,33?,39+,40-,42+/m00/s1. The molecular formula is C85H91Cl2N7O23S2. The number of piperazine rings is 2. The van der Waals surface area contributed by atoms with Crippen molar-refractivity contribution >= 4 is 82.5 Å². The largest absolute Gasteiger partial charge is 0.504 e. The SMILES string of the molecule is COc1cc2c(cc1OC(=O)CCCl)CCN[C@]21CS[C@@H]2c3c(OC(C)=O)c(C)c4c(c3[C@H](COC1=O)N1C2[C@H]2c3c(cc(C)c(OC)c3O)C[C@@H]([C@@H]1C#N)N2C)OCO4.COc1cc2c(cc1OC(=O)CCCl)CCN[C@]21CS[C@@H]2c3c(OC(C)=O)c(C)c4c(c3[C@H](COC1=O)N1C2[C@H]2c3c(cc(C)c(OC)c3O)C[C@@H]([C@@H]1O)N2C)OCO4. The van der Waals surface area contributed by atoms with E-state index in [1.165, 1.54) is 65.8 Å². The van der Waals surface area contributed by atoms with Crippen LogP contribution < -0.4 is 67.5 Å². The summed E-state index contributed by atoms with van der Waals surface area (Å²) < 4.78 is 84.1. The maximum absolute atomic E-state index is 15.0. The number of esters is 6. The van der Waals surface area contributed by atoms with Gasteiger partial charge in [-0.3, -0.25) is 49.4 Å². The van der Waals surface area contributed by atoms with Crippen LogP contribution in [0.4, 0.5) is 0 Å². The zero-order valence-electron chi connectivity index (χ0n) is 67.5. The lowest BCUT2D eigenvalue weighted by molar-refractivity contribution is -0.186.